The van der Waals surface area contributed by atoms with E-state index in [4.69, 9.17) is 16.3 Å². The Morgan fingerprint density at radius 3 is 2.67 bits per heavy atom. The Morgan fingerprint density at radius 1 is 1.21 bits per heavy atom. The smallest absolute Gasteiger partial charge is 0.349 e. The maximum absolute atomic E-state index is 12.1. The van der Waals surface area contributed by atoms with Gasteiger partial charge in [0, 0.05) is 5.69 Å². The molecule has 2 aromatic heterocycles. The highest BCUT2D eigenvalue weighted by molar-refractivity contribution is 7.17. The number of imidazole rings is 1. The lowest BCUT2D eigenvalue weighted by atomic mass is 10.2. The minimum atomic E-state index is -0.987. The van der Waals surface area contributed by atoms with E-state index in [0.717, 1.165) is 11.3 Å². The topological polar surface area (TPSA) is 104 Å². The van der Waals surface area contributed by atoms with Gasteiger partial charge in [-0.3, -0.25) is 4.79 Å². The molecule has 0 radical (unpaired) electrons. The zero-order valence-electron chi connectivity index (χ0n) is 12.4. The number of rotatable bonds is 4. The van der Waals surface area contributed by atoms with Crippen molar-refractivity contribution in [3.63, 3.8) is 0 Å². The molecule has 24 heavy (non-hydrogen) atoms. The first-order valence-corrected chi connectivity index (χ1v) is 8.11. The molecule has 0 fully saturated rings. The molecule has 3 N–H and O–H groups in total. The first kappa shape index (κ1) is 16.3. The highest BCUT2D eigenvalue weighted by Crippen LogP contribution is 2.22. The quantitative estimate of drug-likeness (QED) is 0.618. The van der Waals surface area contributed by atoms with Gasteiger partial charge in [-0.15, -0.1) is 11.3 Å². The molecule has 0 aliphatic carbocycles. The third kappa shape index (κ3) is 3.50. The maximum atomic E-state index is 12.1. The van der Waals surface area contributed by atoms with Gasteiger partial charge in [0.15, 0.2) is 6.10 Å². The minimum absolute atomic E-state index is 0.325. The molecule has 7 nitrogen and oxygen atoms in total. The summed E-state index contributed by atoms with van der Waals surface area (Å²) in [6.45, 7) is 1.47. The number of H-pyrrole nitrogens is 2. The third-order valence-corrected chi connectivity index (χ3v) is 4.42. The average molecular weight is 366 g/mol. The number of esters is 1. The summed E-state index contributed by atoms with van der Waals surface area (Å²) >= 11 is 6.84. The van der Waals surface area contributed by atoms with Crippen molar-refractivity contribution in [1.29, 1.82) is 0 Å². The molecule has 0 aliphatic heterocycles. The predicted octanol–water partition coefficient (Wildman–Crippen LogP) is 2.76. The SMILES string of the molecule is CC(OC(=O)c1ccc(Cl)s1)C(=O)Nc1ccc2[nH]c(=O)[nH]c2c1. The Kier molecular flexibility index (Phi) is 4.41. The second kappa shape index (κ2) is 6.50. The molecule has 0 bridgehead atoms. The summed E-state index contributed by atoms with van der Waals surface area (Å²) in [7, 11) is 0. The Labute approximate surface area is 144 Å². The molecular formula is C15H12ClN3O4S. The fourth-order valence-corrected chi connectivity index (χ4v) is 2.98. The number of anilines is 1. The van der Waals surface area contributed by atoms with Crippen molar-refractivity contribution in [1.82, 2.24) is 9.97 Å². The van der Waals surface area contributed by atoms with Crippen LogP contribution >= 0.6 is 22.9 Å². The Morgan fingerprint density at radius 2 is 1.96 bits per heavy atom. The second-order valence-electron chi connectivity index (χ2n) is 4.98. The molecule has 3 rings (SSSR count). The summed E-state index contributed by atoms with van der Waals surface area (Å²) in [5, 5.41) is 2.63. The van der Waals surface area contributed by atoms with Gasteiger partial charge >= 0.3 is 11.7 Å². The van der Waals surface area contributed by atoms with Crippen LogP contribution < -0.4 is 11.0 Å². The zero-order chi connectivity index (χ0) is 17.3. The van der Waals surface area contributed by atoms with Crippen LogP contribution in [0.4, 0.5) is 5.69 Å². The molecule has 1 atom stereocenters. The molecule has 1 unspecified atom stereocenters. The van der Waals surface area contributed by atoms with Crippen LogP contribution in [0.2, 0.25) is 4.34 Å². The number of amides is 1. The largest absolute Gasteiger partial charge is 0.448 e. The van der Waals surface area contributed by atoms with Gasteiger partial charge in [-0.25, -0.2) is 9.59 Å². The van der Waals surface area contributed by atoms with E-state index < -0.39 is 18.0 Å². The van der Waals surface area contributed by atoms with Crippen molar-refractivity contribution in [3.05, 3.63) is 50.0 Å². The highest BCUT2D eigenvalue weighted by Gasteiger charge is 2.20. The normalized spacial score (nSPS) is 12.1. The summed E-state index contributed by atoms with van der Waals surface area (Å²) in [5.74, 6) is -1.09. The van der Waals surface area contributed by atoms with Gasteiger partial charge in [0.05, 0.1) is 15.4 Å². The number of fused-ring (bicyclic) bond motifs is 1. The summed E-state index contributed by atoms with van der Waals surface area (Å²) in [6, 6.07) is 8.03. The fraction of sp³-hybridized carbons (Fsp3) is 0.133. The lowest BCUT2D eigenvalue weighted by molar-refractivity contribution is -0.123. The van der Waals surface area contributed by atoms with Gasteiger partial charge in [-0.1, -0.05) is 11.6 Å². The standard InChI is InChI=1S/C15H12ClN3O4S/c1-7(23-14(21)11-4-5-12(16)24-11)13(20)17-8-2-3-9-10(6-8)19-15(22)18-9/h2-7H,1H3,(H,17,20)(H2,18,19,22). The number of thiophene rings is 1. The lowest BCUT2D eigenvalue weighted by Gasteiger charge is -2.13. The van der Waals surface area contributed by atoms with E-state index in [-0.39, 0.29) is 5.69 Å². The molecule has 0 saturated heterocycles. The summed E-state index contributed by atoms with van der Waals surface area (Å²) < 4.78 is 5.58. The van der Waals surface area contributed by atoms with Crippen LogP contribution in [0, 0.1) is 0 Å². The van der Waals surface area contributed by atoms with E-state index >= 15 is 0 Å². The van der Waals surface area contributed by atoms with Crippen LogP contribution in [0.5, 0.6) is 0 Å². The number of hydrogen-bond acceptors (Lipinski definition) is 5. The highest BCUT2D eigenvalue weighted by atomic mass is 35.5. The molecule has 0 aliphatic rings. The van der Waals surface area contributed by atoms with Crippen LogP contribution in [-0.2, 0) is 9.53 Å². The lowest BCUT2D eigenvalue weighted by Crippen LogP contribution is -2.29. The van der Waals surface area contributed by atoms with Gasteiger partial charge in [0.1, 0.15) is 4.88 Å². The van der Waals surface area contributed by atoms with E-state index in [1.807, 2.05) is 0 Å². The first-order chi connectivity index (χ1) is 11.4. The average Bonchev–Trinajstić information content (AvgIpc) is 3.11. The van der Waals surface area contributed by atoms with Crippen molar-refractivity contribution in [2.24, 2.45) is 0 Å². The number of benzene rings is 1. The van der Waals surface area contributed by atoms with Crippen molar-refractivity contribution in [2.75, 3.05) is 5.32 Å². The molecule has 2 heterocycles. The fourth-order valence-electron chi connectivity index (χ4n) is 2.05. The summed E-state index contributed by atoms with van der Waals surface area (Å²) in [5.41, 5.74) is 1.35. The number of hydrogen-bond donors (Lipinski definition) is 3. The molecule has 1 aromatic carbocycles. The van der Waals surface area contributed by atoms with Crippen molar-refractivity contribution in [3.8, 4) is 0 Å². The van der Waals surface area contributed by atoms with E-state index in [0.29, 0.717) is 25.9 Å². The third-order valence-electron chi connectivity index (χ3n) is 3.21. The van der Waals surface area contributed by atoms with E-state index in [9.17, 15) is 14.4 Å². The Hall–Kier alpha value is -2.58. The molecule has 9 heteroatoms. The van der Waals surface area contributed by atoms with Gasteiger partial charge < -0.3 is 20.0 Å². The first-order valence-electron chi connectivity index (χ1n) is 6.91. The van der Waals surface area contributed by atoms with Crippen molar-refractivity contribution in [2.45, 2.75) is 13.0 Å². The van der Waals surface area contributed by atoms with Crippen LogP contribution in [0.3, 0.4) is 0 Å². The minimum Gasteiger partial charge on any atom is -0.448 e. The number of aromatic nitrogens is 2. The summed E-state index contributed by atoms with van der Waals surface area (Å²) in [4.78, 5) is 40.8. The molecule has 3 aromatic rings. The molecule has 1 amide bonds. The van der Waals surface area contributed by atoms with Crippen LogP contribution in [0.15, 0.2) is 35.1 Å². The van der Waals surface area contributed by atoms with Gasteiger partial charge in [-0.2, -0.15) is 0 Å². The van der Waals surface area contributed by atoms with Gasteiger partial charge in [0.25, 0.3) is 5.91 Å². The number of aromatic amines is 2. The second-order valence-corrected chi connectivity index (χ2v) is 6.70. The molecule has 0 saturated carbocycles. The Balaban J connectivity index is 1.66. The molecular weight excluding hydrogens is 354 g/mol. The van der Waals surface area contributed by atoms with E-state index in [1.54, 1.807) is 24.3 Å². The van der Waals surface area contributed by atoms with Gasteiger partial charge in [0.2, 0.25) is 0 Å². The van der Waals surface area contributed by atoms with Gasteiger partial charge in [-0.05, 0) is 37.3 Å². The van der Waals surface area contributed by atoms with Crippen LogP contribution in [0.1, 0.15) is 16.6 Å². The van der Waals surface area contributed by atoms with Crippen molar-refractivity contribution < 1.29 is 14.3 Å². The maximum Gasteiger partial charge on any atom is 0.349 e. The van der Waals surface area contributed by atoms with E-state index in [2.05, 4.69) is 15.3 Å². The number of ether oxygens (including phenoxy) is 1. The monoisotopic (exact) mass is 365 g/mol. The zero-order valence-corrected chi connectivity index (χ0v) is 14.0. The molecule has 124 valence electrons. The number of carbonyl (C=O) groups is 2. The number of carbonyl (C=O) groups excluding carboxylic acids is 2. The number of halogens is 1. The Bertz CT molecular complexity index is 974. The number of nitrogens with one attached hydrogen (secondary N) is 3. The van der Waals surface area contributed by atoms with Crippen LogP contribution in [-0.4, -0.2) is 27.9 Å². The molecule has 0 spiro atoms. The van der Waals surface area contributed by atoms with Crippen molar-refractivity contribution >= 4 is 51.5 Å². The summed E-state index contributed by atoms with van der Waals surface area (Å²) in [6.07, 6.45) is -0.987. The predicted molar refractivity (Wildman–Crippen MR) is 91.8 cm³/mol. The van der Waals surface area contributed by atoms with E-state index in [1.165, 1.54) is 13.0 Å². The van der Waals surface area contributed by atoms with Crippen LogP contribution in [0.25, 0.3) is 11.0 Å².